The molecule has 0 aliphatic rings. The van der Waals surface area contributed by atoms with Gasteiger partial charge in [0.05, 0.1) is 11.4 Å². The van der Waals surface area contributed by atoms with Crippen molar-refractivity contribution >= 4 is 51.6 Å². The Morgan fingerprint density at radius 3 is 2.76 bits per heavy atom. The van der Waals surface area contributed by atoms with Crippen molar-refractivity contribution in [3.63, 3.8) is 0 Å². The lowest BCUT2D eigenvalue weighted by molar-refractivity contribution is -0.133. The summed E-state index contributed by atoms with van der Waals surface area (Å²) in [6, 6.07) is 0. The number of rotatable bonds is 6. The van der Waals surface area contributed by atoms with Gasteiger partial charge in [-0.15, -0.1) is 15.3 Å². The smallest absolute Gasteiger partial charge is 0.313 e. The van der Waals surface area contributed by atoms with E-state index < -0.39 is 5.97 Å². The van der Waals surface area contributed by atoms with Gasteiger partial charge in [0, 0.05) is 0 Å². The Bertz CT molecular complexity index is 654. The van der Waals surface area contributed by atoms with Crippen LogP contribution in [0.15, 0.2) is 4.34 Å². The second-order valence-electron chi connectivity index (χ2n) is 4.15. The minimum absolute atomic E-state index is 0.0978. The molecule has 0 atom stereocenters. The molecule has 0 fully saturated rings. The number of carbonyl (C=O) groups excluding carboxylic acids is 1. The number of nitrogens with one attached hydrogen (secondary N) is 1. The zero-order valence-electron chi connectivity index (χ0n) is 11.1. The summed E-state index contributed by atoms with van der Waals surface area (Å²) in [6.45, 7) is 3.86. The molecule has 0 spiro atoms. The summed E-state index contributed by atoms with van der Waals surface area (Å²) in [6.07, 6.45) is 0. The molecule has 112 valence electrons. The van der Waals surface area contributed by atoms with Gasteiger partial charge >= 0.3 is 5.97 Å². The van der Waals surface area contributed by atoms with E-state index >= 15 is 0 Å². The monoisotopic (exact) mass is 345 g/mol. The molecule has 2 aromatic rings. The molecule has 2 N–H and O–H groups in total. The molecular formula is C10H11N5O3S3. The molecule has 8 nitrogen and oxygen atoms in total. The number of aromatic nitrogens is 4. The van der Waals surface area contributed by atoms with Crippen LogP contribution in [0.3, 0.4) is 0 Å². The Hall–Kier alpha value is -1.59. The van der Waals surface area contributed by atoms with Crippen LogP contribution in [-0.4, -0.2) is 42.5 Å². The zero-order valence-corrected chi connectivity index (χ0v) is 13.5. The van der Waals surface area contributed by atoms with Crippen molar-refractivity contribution in [3.05, 3.63) is 10.6 Å². The number of hydrogen-bond acceptors (Lipinski definition) is 9. The van der Waals surface area contributed by atoms with Gasteiger partial charge in [0.2, 0.25) is 5.13 Å². The van der Waals surface area contributed by atoms with Crippen LogP contribution in [0.1, 0.15) is 35.1 Å². The first-order chi connectivity index (χ1) is 9.97. The number of aliphatic carboxylic acids is 1. The first kappa shape index (κ1) is 15.8. The lowest BCUT2D eigenvalue weighted by atomic mass is 10.1. The third-order valence-electron chi connectivity index (χ3n) is 2.21. The largest absolute Gasteiger partial charge is 0.481 e. The minimum Gasteiger partial charge on any atom is -0.481 e. The second-order valence-corrected chi connectivity index (χ2v) is 7.11. The van der Waals surface area contributed by atoms with Crippen LogP contribution in [0, 0.1) is 0 Å². The number of amides is 1. The maximum Gasteiger partial charge on any atom is 0.313 e. The van der Waals surface area contributed by atoms with E-state index in [1.807, 2.05) is 13.8 Å². The topological polar surface area (TPSA) is 118 Å². The van der Waals surface area contributed by atoms with Crippen molar-refractivity contribution < 1.29 is 14.7 Å². The van der Waals surface area contributed by atoms with E-state index in [0.29, 0.717) is 20.0 Å². The molecule has 2 heterocycles. The summed E-state index contributed by atoms with van der Waals surface area (Å²) in [5, 5.41) is 23.1. The molecule has 0 aliphatic carbocycles. The third kappa shape index (κ3) is 4.19. The van der Waals surface area contributed by atoms with Crippen LogP contribution in [0.25, 0.3) is 0 Å². The third-order valence-corrected chi connectivity index (χ3v) is 4.91. The average Bonchev–Trinajstić information content (AvgIpc) is 3.04. The predicted molar refractivity (Wildman–Crippen MR) is 80.2 cm³/mol. The van der Waals surface area contributed by atoms with Crippen LogP contribution in [-0.2, 0) is 4.79 Å². The summed E-state index contributed by atoms with van der Waals surface area (Å²) in [7, 11) is 0. The zero-order chi connectivity index (χ0) is 15.4. The predicted octanol–water partition coefficient (Wildman–Crippen LogP) is 1.94. The van der Waals surface area contributed by atoms with E-state index in [4.69, 9.17) is 5.11 Å². The SMILES string of the molecule is CC(C)c1nnsc1C(=O)Nc1nnc(SCC(=O)O)s1. The summed E-state index contributed by atoms with van der Waals surface area (Å²) in [5.74, 6) is -1.27. The number of carboxylic acid groups (broad SMARTS) is 1. The maximum absolute atomic E-state index is 12.1. The minimum atomic E-state index is -0.932. The Kier molecular flexibility index (Phi) is 5.20. The van der Waals surface area contributed by atoms with Crippen LogP contribution in [0.4, 0.5) is 5.13 Å². The molecule has 1 amide bonds. The highest BCUT2D eigenvalue weighted by Gasteiger charge is 2.20. The first-order valence-corrected chi connectivity index (χ1v) is 8.36. The fourth-order valence-electron chi connectivity index (χ4n) is 1.33. The van der Waals surface area contributed by atoms with Gasteiger partial charge in [0.1, 0.15) is 4.88 Å². The molecule has 2 aromatic heterocycles. The van der Waals surface area contributed by atoms with Crippen molar-refractivity contribution in [1.82, 2.24) is 19.8 Å². The normalized spacial score (nSPS) is 10.8. The number of thioether (sulfide) groups is 1. The van der Waals surface area contributed by atoms with Crippen LogP contribution in [0.2, 0.25) is 0 Å². The van der Waals surface area contributed by atoms with Gasteiger partial charge < -0.3 is 5.11 Å². The van der Waals surface area contributed by atoms with Gasteiger partial charge in [0.25, 0.3) is 5.91 Å². The van der Waals surface area contributed by atoms with E-state index in [1.54, 1.807) is 0 Å². The van der Waals surface area contributed by atoms with Gasteiger partial charge in [-0.2, -0.15) is 0 Å². The average molecular weight is 345 g/mol. The molecule has 0 saturated carbocycles. The van der Waals surface area contributed by atoms with Gasteiger partial charge in [-0.25, -0.2) is 0 Å². The van der Waals surface area contributed by atoms with E-state index in [1.165, 1.54) is 0 Å². The summed E-state index contributed by atoms with van der Waals surface area (Å²) < 4.78 is 4.27. The Labute approximate surface area is 132 Å². The highest BCUT2D eigenvalue weighted by molar-refractivity contribution is 8.01. The van der Waals surface area contributed by atoms with Gasteiger partial charge in [-0.1, -0.05) is 41.4 Å². The molecule has 11 heteroatoms. The fourth-order valence-corrected chi connectivity index (χ4v) is 3.51. The molecule has 21 heavy (non-hydrogen) atoms. The molecule has 0 aliphatic heterocycles. The Morgan fingerprint density at radius 2 is 2.10 bits per heavy atom. The van der Waals surface area contributed by atoms with E-state index in [9.17, 15) is 9.59 Å². The van der Waals surface area contributed by atoms with Crippen molar-refractivity contribution in [2.24, 2.45) is 0 Å². The van der Waals surface area contributed by atoms with Crippen molar-refractivity contribution in [1.29, 1.82) is 0 Å². The molecule has 0 radical (unpaired) electrons. The molecule has 0 bridgehead atoms. The maximum atomic E-state index is 12.1. The summed E-state index contributed by atoms with van der Waals surface area (Å²) >= 11 is 3.20. The van der Waals surface area contributed by atoms with Crippen LogP contribution in [0.5, 0.6) is 0 Å². The highest BCUT2D eigenvalue weighted by atomic mass is 32.2. The number of anilines is 1. The summed E-state index contributed by atoms with van der Waals surface area (Å²) in [4.78, 5) is 23.0. The standard InChI is InChI=1S/C10H11N5O3S3/c1-4(2)6-7(21-15-12-6)8(18)11-9-13-14-10(20-9)19-3-5(16)17/h4H,3H2,1-2H3,(H,16,17)(H,11,13,18). The molecule has 0 saturated heterocycles. The quantitative estimate of drug-likeness (QED) is 0.602. The van der Waals surface area contributed by atoms with Crippen molar-refractivity contribution in [2.75, 3.05) is 11.1 Å². The number of hydrogen-bond donors (Lipinski definition) is 2. The van der Waals surface area contributed by atoms with E-state index in [2.05, 4.69) is 25.1 Å². The molecule has 2 rings (SSSR count). The van der Waals surface area contributed by atoms with Gasteiger partial charge in [-0.05, 0) is 17.5 Å². The molecular weight excluding hydrogens is 334 g/mol. The lowest BCUT2D eigenvalue weighted by Gasteiger charge is -2.02. The van der Waals surface area contributed by atoms with E-state index in [-0.39, 0.29) is 17.6 Å². The molecule has 0 aromatic carbocycles. The Balaban J connectivity index is 2.03. The van der Waals surface area contributed by atoms with E-state index in [0.717, 1.165) is 34.6 Å². The fraction of sp³-hybridized carbons (Fsp3) is 0.400. The van der Waals surface area contributed by atoms with Crippen LogP contribution >= 0.6 is 34.6 Å². The highest BCUT2D eigenvalue weighted by Crippen LogP contribution is 2.26. The number of nitrogens with zero attached hydrogens (tertiary/aromatic N) is 4. The molecule has 0 unspecified atom stereocenters. The number of carbonyl (C=O) groups is 2. The Morgan fingerprint density at radius 1 is 1.33 bits per heavy atom. The lowest BCUT2D eigenvalue weighted by Crippen LogP contribution is -2.12. The number of carboxylic acids is 1. The first-order valence-electron chi connectivity index (χ1n) is 5.79. The van der Waals surface area contributed by atoms with Crippen molar-refractivity contribution in [3.8, 4) is 0 Å². The summed E-state index contributed by atoms with van der Waals surface area (Å²) in [5.41, 5.74) is 0.641. The van der Waals surface area contributed by atoms with Gasteiger partial charge in [0.15, 0.2) is 4.34 Å². The van der Waals surface area contributed by atoms with Crippen molar-refractivity contribution in [2.45, 2.75) is 24.1 Å². The van der Waals surface area contributed by atoms with Crippen LogP contribution < -0.4 is 5.32 Å². The second kappa shape index (κ2) is 6.91. The van der Waals surface area contributed by atoms with Gasteiger partial charge in [-0.3, -0.25) is 14.9 Å².